The van der Waals surface area contributed by atoms with E-state index in [9.17, 15) is 14.4 Å². The molecular weight excluding hydrogens is 396 g/mol. The number of carbonyl (C=O) groups is 3. The molecule has 2 aromatic carbocycles. The number of halogens is 1. The Labute approximate surface area is 160 Å². The van der Waals surface area contributed by atoms with Crippen LogP contribution in [-0.4, -0.2) is 29.2 Å². The molecule has 0 saturated heterocycles. The maximum atomic E-state index is 12.4. The van der Waals surface area contributed by atoms with Gasteiger partial charge in [0.1, 0.15) is 0 Å². The maximum absolute atomic E-state index is 12.4. The summed E-state index contributed by atoms with van der Waals surface area (Å²) in [6.07, 6.45) is 0.661. The third kappa shape index (κ3) is 3.55. The van der Waals surface area contributed by atoms with Crippen LogP contribution in [0.4, 0.5) is 5.69 Å². The molecular formula is C20H19BrN2O3. The largest absolute Gasteiger partial charge is 0.326 e. The van der Waals surface area contributed by atoms with Crippen LogP contribution in [0.2, 0.25) is 0 Å². The highest BCUT2D eigenvalue weighted by atomic mass is 79.9. The number of fused-ring (bicyclic) bond motifs is 1. The average Bonchev–Trinajstić information content (AvgIpc) is 2.82. The van der Waals surface area contributed by atoms with Crippen molar-refractivity contribution >= 4 is 39.3 Å². The Morgan fingerprint density at radius 2 is 1.69 bits per heavy atom. The van der Waals surface area contributed by atoms with Gasteiger partial charge in [-0.2, -0.15) is 0 Å². The fraction of sp³-hybridized carbons (Fsp3) is 0.250. The van der Waals surface area contributed by atoms with E-state index in [4.69, 9.17) is 0 Å². The van der Waals surface area contributed by atoms with Gasteiger partial charge in [0.15, 0.2) is 0 Å². The van der Waals surface area contributed by atoms with E-state index in [0.717, 1.165) is 21.3 Å². The van der Waals surface area contributed by atoms with Crippen LogP contribution in [0.3, 0.4) is 0 Å². The molecule has 0 spiro atoms. The summed E-state index contributed by atoms with van der Waals surface area (Å²) in [5, 5.41) is 2.92. The lowest BCUT2D eigenvalue weighted by Crippen LogP contribution is -2.31. The Morgan fingerprint density at radius 1 is 1.04 bits per heavy atom. The first-order valence-electron chi connectivity index (χ1n) is 8.40. The normalized spacial score (nSPS) is 13.1. The van der Waals surface area contributed by atoms with Crippen molar-refractivity contribution in [1.82, 2.24) is 4.90 Å². The molecule has 0 aliphatic carbocycles. The first-order valence-corrected chi connectivity index (χ1v) is 9.19. The third-order valence-corrected chi connectivity index (χ3v) is 4.96. The lowest BCUT2D eigenvalue weighted by Gasteiger charge is -2.14. The number of benzene rings is 2. The van der Waals surface area contributed by atoms with Crippen molar-refractivity contribution in [2.45, 2.75) is 26.7 Å². The molecule has 1 aliphatic rings. The number of rotatable bonds is 5. The van der Waals surface area contributed by atoms with Gasteiger partial charge in [0.05, 0.1) is 11.1 Å². The van der Waals surface area contributed by atoms with Gasteiger partial charge in [0.25, 0.3) is 11.8 Å². The number of hydrogen-bond donors (Lipinski definition) is 1. The highest BCUT2D eigenvalue weighted by Gasteiger charge is 2.35. The van der Waals surface area contributed by atoms with Crippen molar-refractivity contribution in [2.75, 3.05) is 11.9 Å². The molecule has 0 bridgehead atoms. The molecule has 6 heteroatoms. The molecule has 1 aliphatic heterocycles. The fourth-order valence-electron chi connectivity index (χ4n) is 3.08. The summed E-state index contributed by atoms with van der Waals surface area (Å²) in [6, 6.07) is 10.9. The number of amides is 3. The molecule has 0 unspecified atom stereocenters. The summed E-state index contributed by atoms with van der Waals surface area (Å²) in [5.41, 5.74) is 3.65. The van der Waals surface area contributed by atoms with Gasteiger partial charge in [-0.25, -0.2) is 0 Å². The Morgan fingerprint density at radius 3 is 2.38 bits per heavy atom. The molecule has 0 fully saturated rings. The minimum absolute atomic E-state index is 0.123. The second-order valence-corrected chi connectivity index (χ2v) is 7.29. The second kappa shape index (κ2) is 7.41. The van der Waals surface area contributed by atoms with E-state index in [1.54, 1.807) is 18.2 Å². The monoisotopic (exact) mass is 414 g/mol. The lowest BCUT2D eigenvalue weighted by molar-refractivity contribution is -0.116. The van der Waals surface area contributed by atoms with Gasteiger partial charge in [0.2, 0.25) is 5.91 Å². The van der Waals surface area contributed by atoms with Crippen LogP contribution >= 0.6 is 15.9 Å². The number of hydrogen-bond acceptors (Lipinski definition) is 3. The SMILES string of the molecule is Cc1cccc(C)c1NC(=O)CCCN1C(=O)c2ccc(Br)cc2C1=O. The van der Waals surface area contributed by atoms with Crippen molar-refractivity contribution in [3.63, 3.8) is 0 Å². The molecule has 5 nitrogen and oxygen atoms in total. The smallest absolute Gasteiger partial charge is 0.261 e. The lowest BCUT2D eigenvalue weighted by atomic mass is 10.1. The van der Waals surface area contributed by atoms with Crippen molar-refractivity contribution in [3.05, 3.63) is 63.1 Å². The predicted octanol–water partition coefficient (Wildman–Crippen LogP) is 4.08. The first kappa shape index (κ1) is 18.3. The predicted molar refractivity (Wildman–Crippen MR) is 103 cm³/mol. The number of para-hydroxylation sites is 1. The summed E-state index contributed by atoms with van der Waals surface area (Å²) in [4.78, 5) is 38.2. The number of anilines is 1. The Bertz CT molecular complexity index is 888. The van der Waals surface area contributed by atoms with E-state index in [1.807, 2.05) is 32.0 Å². The second-order valence-electron chi connectivity index (χ2n) is 6.37. The summed E-state index contributed by atoms with van der Waals surface area (Å²) in [7, 11) is 0. The Hall–Kier alpha value is -2.47. The molecule has 0 aromatic heterocycles. The summed E-state index contributed by atoms with van der Waals surface area (Å²) >= 11 is 3.31. The van der Waals surface area contributed by atoms with Crippen molar-refractivity contribution in [1.29, 1.82) is 0 Å². The summed E-state index contributed by atoms with van der Waals surface area (Å²) in [6.45, 7) is 4.11. The third-order valence-electron chi connectivity index (χ3n) is 4.46. The van der Waals surface area contributed by atoms with Gasteiger partial charge >= 0.3 is 0 Å². The van der Waals surface area contributed by atoms with Gasteiger partial charge in [-0.1, -0.05) is 34.1 Å². The van der Waals surface area contributed by atoms with Crippen molar-refractivity contribution in [2.24, 2.45) is 0 Å². The molecule has 1 N–H and O–H groups in total. The van der Waals surface area contributed by atoms with E-state index in [-0.39, 0.29) is 30.7 Å². The fourth-order valence-corrected chi connectivity index (χ4v) is 3.44. The maximum Gasteiger partial charge on any atom is 0.261 e. The molecule has 0 radical (unpaired) electrons. The Balaban J connectivity index is 1.58. The van der Waals surface area contributed by atoms with Crippen LogP contribution in [0.5, 0.6) is 0 Å². The quantitative estimate of drug-likeness (QED) is 0.749. The standard InChI is InChI=1S/C20H19BrN2O3/c1-12-5-3-6-13(2)18(12)22-17(24)7-4-10-23-19(25)15-9-8-14(21)11-16(15)20(23)26/h3,5-6,8-9,11H,4,7,10H2,1-2H3,(H,22,24). The van der Waals surface area contributed by atoms with E-state index >= 15 is 0 Å². The van der Waals surface area contributed by atoms with Crippen LogP contribution in [0.1, 0.15) is 44.7 Å². The van der Waals surface area contributed by atoms with E-state index in [0.29, 0.717) is 17.5 Å². The zero-order valence-electron chi connectivity index (χ0n) is 14.6. The molecule has 26 heavy (non-hydrogen) atoms. The van der Waals surface area contributed by atoms with Crippen LogP contribution in [0, 0.1) is 13.8 Å². The highest BCUT2D eigenvalue weighted by molar-refractivity contribution is 9.10. The van der Waals surface area contributed by atoms with Crippen LogP contribution in [0.15, 0.2) is 40.9 Å². The van der Waals surface area contributed by atoms with Gasteiger partial charge in [0, 0.05) is 23.1 Å². The molecule has 3 amide bonds. The number of carbonyl (C=O) groups excluding carboxylic acids is 3. The van der Waals surface area contributed by atoms with Crippen LogP contribution < -0.4 is 5.32 Å². The van der Waals surface area contributed by atoms with Crippen LogP contribution in [-0.2, 0) is 4.79 Å². The summed E-state index contributed by atoms with van der Waals surface area (Å²) < 4.78 is 0.757. The molecule has 0 saturated carbocycles. The molecule has 3 rings (SSSR count). The van der Waals surface area contributed by atoms with Gasteiger partial charge in [-0.15, -0.1) is 0 Å². The summed E-state index contributed by atoms with van der Waals surface area (Å²) in [5.74, 6) is -0.726. The minimum atomic E-state index is -0.304. The number of imide groups is 1. The number of nitrogens with one attached hydrogen (secondary N) is 1. The first-order chi connectivity index (χ1) is 12.4. The topological polar surface area (TPSA) is 66.5 Å². The molecule has 2 aromatic rings. The zero-order chi connectivity index (χ0) is 18.8. The van der Waals surface area contributed by atoms with Crippen molar-refractivity contribution < 1.29 is 14.4 Å². The number of nitrogens with zero attached hydrogens (tertiary/aromatic N) is 1. The van der Waals surface area contributed by atoms with Crippen LogP contribution in [0.25, 0.3) is 0 Å². The minimum Gasteiger partial charge on any atom is -0.326 e. The van der Waals surface area contributed by atoms with E-state index in [1.165, 1.54) is 4.90 Å². The van der Waals surface area contributed by atoms with Crippen molar-refractivity contribution in [3.8, 4) is 0 Å². The number of aryl methyl sites for hydroxylation is 2. The van der Waals surface area contributed by atoms with Gasteiger partial charge < -0.3 is 5.32 Å². The van der Waals surface area contributed by atoms with Gasteiger partial charge in [-0.3, -0.25) is 19.3 Å². The molecule has 134 valence electrons. The average molecular weight is 415 g/mol. The zero-order valence-corrected chi connectivity index (χ0v) is 16.2. The molecule has 0 atom stereocenters. The molecule has 1 heterocycles. The van der Waals surface area contributed by atoms with E-state index < -0.39 is 0 Å². The Kier molecular flexibility index (Phi) is 5.23. The highest BCUT2D eigenvalue weighted by Crippen LogP contribution is 2.26. The van der Waals surface area contributed by atoms with Gasteiger partial charge in [-0.05, 0) is 49.6 Å². The van der Waals surface area contributed by atoms with E-state index in [2.05, 4.69) is 21.2 Å².